The number of hydrogen-bond donors (Lipinski definition) is 0. The van der Waals surface area contributed by atoms with E-state index in [0.29, 0.717) is 12.0 Å². The molecule has 0 spiro atoms. The molecule has 1 unspecified atom stereocenters. The first-order chi connectivity index (χ1) is 14.8. The minimum absolute atomic E-state index is 0.686. The molecule has 2 aromatic carbocycles. The maximum absolute atomic E-state index is 8.99. The fourth-order valence-corrected chi connectivity index (χ4v) is 6.42. The fourth-order valence-electron chi connectivity index (χ4n) is 6.42. The van der Waals surface area contributed by atoms with Crippen LogP contribution in [-0.2, 0) is 7.05 Å². The molecule has 3 aliphatic rings. The van der Waals surface area contributed by atoms with Gasteiger partial charge in [-0.05, 0) is 104 Å². The highest BCUT2D eigenvalue weighted by Crippen LogP contribution is 2.50. The lowest BCUT2D eigenvalue weighted by Crippen LogP contribution is -2.35. The van der Waals surface area contributed by atoms with Crippen LogP contribution >= 0.6 is 0 Å². The van der Waals surface area contributed by atoms with Gasteiger partial charge in [-0.3, -0.25) is 0 Å². The first-order valence-corrected chi connectivity index (χ1v) is 11.8. The van der Waals surface area contributed by atoms with Crippen LogP contribution in [0.5, 0.6) is 0 Å². The Hall–Kier alpha value is -2.15. The summed E-state index contributed by atoms with van der Waals surface area (Å²) in [4.78, 5) is 0. The van der Waals surface area contributed by atoms with Crippen LogP contribution in [0.4, 0.5) is 0 Å². The lowest BCUT2D eigenvalue weighted by Gasteiger charge is -2.43. The van der Waals surface area contributed by atoms with Crippen LogP contribution in [-0.4, -0.2) is 0 Å². The summed E-state index contributed by atoms with van der Waals surface area (Å²) in [6.45, 7) is 11.0. The number of nitrogens with zero attached hydrogens (tertiary/aromatic N) is 1. The summed E-state index contributed by atoms with van der Waals surface area (Å²) in [5, 5.41) is 2.36. The summed E-state index contributed by atoms with van der Waals surface area (Å²) in [7, 11) is 2.13. The Morgan fingerprint density at radius 2 is 1.63 bits per heavy atom. The van der Waals surface area contributed by atoms with Crippen LogP contribution in [0.15, 0.2) is 30.3 Å². The van der Waals surface area contributed by atoms with Crippen molar-refractivity contribution in [1.82, 2.24) is 0 Å². The zero-order valence-corrected chi connectivity index (χ0v) is 19.5. The lowest BCUT2D eigenvalue weighted by atomic mass is 9.62. The first kappa shape index (κ1) is 18.6. The van der Waals surface area contributed by atoms with E-state index >= 15 is 0 Å². The predicted molar refractivity (Wildman–Crippen MR) is 127 cm³/mol. The van der Waals surface area contributed by atoms with Crippen LogP contribution in [0, 0.1) is 46.5 Å². The Bertz CT molecular complexity index is 1200. The van der Waals surface area contributed by atoms with Gasteiger partial charge in [0, 0.05) is 13.0 Å². The Balaban J connectivity index is 1.78. The van der Waals surface area contributed by atoms with Crippen molar-refractivity contribution < 1.29 is 5.94 Å². The molecule has 1 heteroatoms. The van der Waals surface area contributed by atoms with Crippen molar-refractivity contribution in [3.8, 4) is 11.3 Å². The molecule has 3 aromatic rings. The van der Waals surface area contributed by atoms with Crippen molar-refractivity contribution in [2.24, 2.45) is 18.9 Å². The van der Waals surface area contributed by atoms with Crippen molar-refractivity contribution in [3.63, 3.8) is 0 Å². The second-order valence-corrected chi connectivity index (χ2v) is 10.2. The molecule has 3 aliphatic carbocycles. The molecule has 1 nitrogen and oxygen atoms in total. The van der Waals surface area contributed by atoms with E-state index in [0.717, 1.165) is 22.9 Å². The Kier molecular flexibility index (Phi) is 4.48. The molecule has 156 valence electrons. The molecule has 2 bridgehead atoms. The highest BCUT2D eigenvalue weighted by molar-refractivity contribution is 5.95. The van der Waals surface area contributed by atoms with Crippen molar-refractivity contribution >= 4 is 10.8 Å². The van der Waals surface area contributed by atoms with E-state index in [2.05, 4.69) is 70.5 Å². The number of aromatic nitrogens is 1. The highest BCUT2D eigenvalue weighted by Gasteiger charge is 2.37. The molecule has 1 heterocycles. The van der Waals surface area contributed by atoms with Gasteiger partial charge in [0.25, 0.3) is 0 Å². The number of benzene rings is 2. The smallest absolute Gasteiger partial charge is 0.198 e. The van der Waals surface area contributed by atoms with E-state index < -0.39 is 0 Å². The largest absolute Gasteiger partial charge is 0.220 e. The molecule has 0 radical (unpaired) electrons. The van der Waals surface area contributed by atoms with Crippen LogP contribution in [0.1, 0.15) is 72.9 Å². The second-order valence-electron chi connectivity index (χ2n) is 10.2. The third kappa shape index (κ3) is 3.09. The summed E-state index contributed by atoms with van der Waals surface area (Å²) in [6, 6.07) is 10.1. The lowest BCUT2D eigenvalue weighted by molar-refractivity contribution is -0.665. The average molecular weight is 400 g/mol. The maximum Gasteiger partial charge on any atom is 0.220 e. The molecule has 30 heavy (non-hydrogen) atoms. The van der Waals surface area contributed by atoms with Gasteiger partial charge in [-0.15, -0.1) is 0 Å². The summed E-state index contributed by atoms with van der Waals surface area (Å²) in [5.41, 5.74) is 10.5. The Morgan fingerprint density at radius 1 is 0.900 bits per heavy atom. The van der Waals surface area contributed by atoms with E-state index in [1.54, 1.807) is 0 Å². The molecule has 6 rings (SSSR count). The molecule has 3 saturated carbocycles. The van der Waals surface area contributed by atoms with Gasteiger partial charge in [0.05, 0.1) is 12.3 Å². The summed E-state index contributed by atoms with van der Waals surface area (Å²) >= 11 is 0. The number of aryl methyl sites for hydroxylation is 3. The van der Waals surface area contributed by atoms with E-state index in [1.807, 2.05) is 0 Å². The fraction of sp³-hybridized carbons (Fsp3) is 0.483. The number of rotatable bonds is 2. The van der Waals surface area contributed by atoms with Gasteiger partial charge in [-0.2, -0.15) is 4.57 Å². The monoisotopic (exact) mass is 399 g/mol. The SMILES string of the molecule is [2H]c1c(C)[n+](C)c(-c2cc(C)cc(C)c2C)c2cc(C)c(C3CC4CCC3CC4)cc12. The number of hydrogen-bond acceptors (Lipinski definition) is 0. The van der Waals surface area contributed by atoms with Gasteiger partial charge in [-0.1, -0.05) is 30.5 Å². The third-order valence-electron chi connectivity index (χ3n) is 8.33. The van der Waals surface area contributed by atoms with Crippen molar-refractivity contribution in [1.29, 1.82) is 0 Å². The van der Waals surface area contributed by atoms with Gasteiger partial charge in [-0.25, -0.2) is 0 Å². The van der Waals surface area contributed by atoms with Gasteiger partial charge < -0.3 is 0 Å². The number of pyridine rings is 1. The standard InChI is InChI=1S/C29H36N/c1-17-11-18(2)21(5)26(12-17)29-28-13-19(3)25(16-24(28)14-20(4)30(29)6)27-15-22-7-9-23(27)10-8-22/h11-14,16,22-23,27H,7-10,15H2,1-6H3/q+1/i14D. The molecule has 1 aromatic heterocycles. The zero-order chi connectivity index (χ0) is 22.0. The van der Waals surface area contributed by atoms with Crippen molar-refractivity contribution in [3.05, 3.63) is 63.8 Å². The van der Waals surface area contributed by atoms with Gasteiger partial charge >= 0.3 is 0 Å². The molecule has 0 saturated heterocycles. The molecule has 0 aliphatic heterocycles. The van der Waals surface area contributed by atoms with Gasteiger partial charge in [0.1, 0.15) is 7.05 Å². The van der Waals surface area contributed by atoms with Gasteiger partial charge in [0.2, 0.25) is 5.69 Å². The minimum Gasteiger partial charge on any atom is -0.198 e. The van der Waals surface area contributed by atoms with E-state index in [9.17, 15) is 0 Å². The van der Waals surface area contributed by atoms with Gasteiger partial charge in [0.15, 0.2) is 5.69 Å². The molecular formula is C29H36N+. The molecule has 1 atom stereocenters. The van der Waals surface area contributed by atoms with Crippen LogP contribution in [0.25, 0.3) is 22.0 Å². The summed E-state index contributed by atoms with van der Waals surface area (Å²) < 4.78 is 11.2. The minimum atomic E-state index is 0.686. The molecule has 0 N–H and O–H groups in total. The average Bonchev–Trinajstić information content (AvgIpc) is 2.76. The van der Waals surface area contributed by atoms with E-state index in [-0.39, 0.29) is 0 Å². The first-order valence-electron chi connectivity index (χ1n) is 12.3. The topological polar surface area (TPSA) is 3.88 Å². The summed E-state index contributed by atoms with van der Waals surface area (Å²) in [6.07, 6.45) is 7.02. The van der Waals surface area contributed by atoms with Crippen LogP contribution in [0.3, 0.4) is 0 Å². The van der Waals surface area contributed by atoms with Crippen LogP contribution < -0.4 is 4.57 Å². The zero-order valence-electron chi connectivity index (χ0n) is 20.5. The quantitative estimate of drug-likeness (QED) is 0.402. The molecule has 0 amide bonds. The Labute approximate surface area is 183 Å². The summed E-state index contributed by atoms with van der Waals surface area (Å²) in [5.74, 6) is 2.46. The Morgan fingerprint density at radius 3 is 2.30 bits per heavy atom. The number of fused-ring (bicyclic) bond motifs is 4. The second kappa shape index (κ2) is 7.22. The predicted octanol–water partition coefficient (Wildman–Crippen LogP) is 7.17. The van der Waals surface area contributed by atoms with Crippen molar-refractivity contribution in [2.45, 2.75) is 72.6 Å². The van der Waals surface area contributed by atoms with Crippen LogP contribution in [0.2, 0.25) is 0 Å². The highest BCUT2D eigenvalue weighted by atomic mass is 14.9. The van der Waals surface area contributed by atoms with Crippen molar-refractivity contribution in [2.75, 3.05) is 0 Å². The van der Waals surface area contributed by atoms with E-state index in [4.69, 9.17) is 1.37 Å². The third-order valence-corrected chi connectivity index (χ3v) is 8.33. The van der Waals surface area contributed by atoms with E-state index in [1.165, 1.54) is 76.6 Å². The molecular weight excluding hydrogens is 362 g/mol. The molecule has 3 fully saturated rings. The maximum atomic E-state index is 8.99. The normalized spacial score (nSPS) is 23.8.